The largest absolute Gasteiger partial charge is 0.478 e. The molecule has 0 fully saturated rings. The third-order valence-corrected chi connectivity index (χ3v) is 4.22. The minimum atomic E-state index is -0.935. The quantitative estimate of drug-likeness (QED) is 0.602. The Kier molecular flexibility index (Phi) is 3.78. The fourth-order valence-electron chi connectivity index (χ4n) is 3.02. The van der Waals surface area contributed by atoms with Crippen molar-refractivity contribution in [2.24, 2.45) is 0 Å². The molecule has 4 heteroatoms. The number of hydrogen-bond donors (Lipinski definition) is 1. The van der Waals surface area contributed by atoms with E-state index in [0.717, 1.165) is 22.2 Å². The zero-order chi connectivity index (χ0) is 17.2. The standard InChI is InChI=1S/C21H16N2O2/c24-21(25)17-10-6-9-16(13-17)20-18-11-4-5-12-19(18)23(22-20)14-15-7-2-1-3-8-15/h1-13H,14H2,(H,24,25). The molecule has 4 rings (SSSR count). The second kappa shape index (κ2) is 6.24. The maximum atomic E-state index is 11.3. The number of aromatic nitrogens is 2. The first-order valence-electron chi connectivity index (χ1n) is 8.05. The van der Waals surface area contributed by atoms with E-state index in [0.29, 0.717) is 6.54 Å². The van der Waals surface area contributed by atoms with Crippen molar-refractivity contribution in [1.82, 2.24) is 9.78 Å². The molecule has 1 N–H and O–H groups in total. The maximum Gasteiger partial charge on any atom is 0.335 e. The van der Waals surface area contributed by atoms with E-state index in [2.05, 4.69) is 12.1 Å². The SMILES string of the molecule is O=C(O)c1cccc(-c2nn(Cc3ccccc3)c3ccccc23)c1. The van der Waals surface area contributed by atoms with Gasteiger partial charge in [0.1, 0.15) is 5.69 Å². The van der Waals surface area contributed by atoms with Crippen LogP contribution in [0, 0.1) is 0 Å². The predicted octanol–water partition coefficient (Wildman–Crippen LogP) is 4.45. The summed E-state index contributed by atoms with van der Waals surface area (Å²) in [6.07, 6.45) is 0. The summed E-state index contributed by atoms with van der Waals surface area (Å²) in [5.41, 5.74) is 4.07. The van der Waals surface area contributed by atoms with Crippen molar-refractivity contribution in [3.8, 4) is 11.3 Å². The van der Waals surface area contributed by atoms with Crippen molar-refractivity contribution in [2.45, 2.75) is 6.54 Å². The molecule has 0 spiro atoms. The Labute approximate surface area is 145 Å². The van der Waals surface area contributed by atoms with Crippen LogP contribution in [-0.2, 0) is 6.54 Å². The molecule has 0 bridgehead atoms. The number of aromatic carboxylic acids is 1. The first kappa shape index (κ1) is 15.1. The van der Waals surface area contributed by atoms with Gasteiger partial charge in [-0.3, -0.25) is 4.68 Å². The van der Waals surface area contributed by atoms with E-state index in [9.17, 15) is 9.90 Å². The summed E-state index contributed by atoms with van der Waals surface area (Å²) in [5, 5.41) is 15.0. The van der Waals surface area contributed by atoms with E-state index in [4.69, 9.17) is 5.10 Å². The molecule has 4 aromatic rings. The lowest BCUT2D eigenvalue weighted by atomic mass is 10.1. The Hall–Kier alpha value is -3.40. The van der Waals surface area contributed by atoms with E-state index < -0.39 is 5.97 Å². The number of carboxylic acid groups (broad SMARTS) is 1. The van der Waals surface area contributed by atoms with Crippen molar-refractivity contribution in [3.63, 3.8) is 0 Å². The van der Waals surface area contributed by atoms with E-state index in [1.165, 1.54) is 5.56 Å². The Morgan fingerprint density at radius 1 is 0.920 bits per heavy atom. The molecule has 0 saturated carbocycles. The highest BCUT2D eigenvalue weighted by atomic mass is 16.4. The summed E-state index contributed by atoms with van der Waals surface area (Å²) in [7, 11) is 0. The average Bonchev–Trinajstić information content (AvgIpc) is 3.01. The molecule has 0 aliphatic heterocycles. The number of nitrogens with zero attached hydrogens (tertiary/aromatic N) is 2. The van der Waals surface area contributed by atoms with Gasteiger partial charge in [0, 0.05) is 10.9 Å². The zero-order valence-electron chi connectivity index (χ0n) is 13.5. The molecule has 4 nitrogen and oxygen atoms in total. The van der Waals surface area contributed by atoms with E-state index in [-0.39, 0.29) is 5.56 Å². The fraction of sp³-hybridized carbons (Fsp3) is 0.0476. The molecule has 3 aromatic carbocycles. The Bertz CT molecular complexity index is 1050. The predicted molar refractivity (Wildman–Crippen MR) is 97.7 cm³/mol. The van der Waals surface area contributed by atoms with Crippen molar-refractivity contribution in [1.29, 1.82) is 0 Å². The number of para-hydroxylation sites is 1. The lowest BCUT2D eigenvalue weighted by Gasteiger charge is -2.03. The van der Waals surface area contributed by atoms with Crippen molar-refractivity contribution >= 4 is 16.9 Å². The first-order valence-corrected chi connectivity index (χ1v) is 8.05. The van der Waals surface area contributed by atoms with Gasteiger partial charge < -0.3 is 5.11 Å². The lowest BCUT2D eigenvalue weighted by molar-refractivity contribution is 0.0697. The number of benzene rings is 3. The van der Waals surface area contributed by atoms with Crippen LogP contribution in [0.2, 0.25) is 0 Å². The van der Waals surface area contributed by atoms with Crippen molar-refractivity contribution in [3.05, 3.63) is 90.0 Å². The summed E-state index contributed by atoms with van der Waals surface area (Å²) in [6.45, 7) is 0.667. The highest BCUT2D eigenvalue weighted by Crippen LogP contribution is 2.29. The minimum absolute atomic E-state index is 0.263. The van der Waals surface area contributed by atoms with Gasteiger partial charge in [0.2, 0.25) is 0 Å². The molecule has 0 unspecified atom stereocenters. The fourth-order valence-corrected chi connectivity index (χ4v) is 3.02. The third kappa shape index (κ3) is 2.90. The number of carboxylic acids is 1. The summed E-state index contributed by atoms with van der Waals surface area (Å²) >= 11 is 0. The summed E-state index contributed by atoms with van der Waals surface area (Å²) in [6, 6.07) is 25.1. The Morgan fingerprint density at radius 2 is 1.68 bits per heavy atom. The van der Waals surface area contributed by atoms with Gasteiger partial charge in [0.15, 0.2) is 0 Å². The van der Waals surface area contributed by atoms with Crippen LogP contribution in [0.3, 0.4) is 0 Å². The molecule has 1 heterocycles. The molecule has 0 aliphatic rings. The number of rotatable bonds is 4. The van der Waals surface area contributed by atoms with Gasteiger partial charge in [-0.2, -0.15) is 5.10 Å². The molecular weight excluding hydrogens is 312 g/mol. The van der Waals surface area contributed by atoms with Gasteiger partial charge in [-0.25, -0.2) is 4.79 Å². The van der Waals surface area contributed by atoms with Crippen LogP contribution in [0.25, 0.3) is 22.2 Å². The van der Waals surface area contributed by atoms with E-state index >= 15 is 0 Å². The molecule has 0 amide bonds. The average molecular weight is 328 g/mol. The third-order valence-electron chi connectivity index (χ3n) is 4.22. The van der Waals surface area contributed by atoms with Crippen LogP contribution in [0.15, 0.2) is 78.9 Å². The van der Waals surface area contributed by atoms with E-state index in [1.54, 1.807) is 18.2 Å². The smallest absolute Gasteiger partial charge is 0.335 e. The maximum absolute atomic E-state index is 11.3. The molecule has 0 saturated heterocycles. The normalized spacial score (nSPS) is 10.9. The van der Waals surface area contributed by atoms with Gasteiger partial charge in [-0.1, -0.05) is 60.7 Å². The highest BCUT2D eigenvalue weighted by molar-refractivity contribution is 5.95. The number of carbonyl (C=O) groups is 1. The molecule has 0 radical (unpaired) electrons. The van der Waals surface area contributed by atoms with Gasteiger partial charge >= 0.3 is 5.97 Å². The van der Waals surface area contributed by atoms with Gasteiger partial charge in [-0.15, -0.1) is 0 Å². The lowest BCUT2D eigenvalue weighted by Crippen LogP contribution is -2.01. The number of fused-ring (bicyclic) bond motifs is 1. The first-order chi connectivity index (χ1) is 12.2. The van der Waals surface area contributed by atoms with Crippen LogP contribution in [0.5, 0.6) is 0 Å². The monoisotopic (exact) mass is 328 g/mol. The highest BCUT2D eigenvalue weighted by Gasteiger charge is 2.13. The molecular formula is C21H16N2O2. The Morgan fingerprint density at radius 3 is 2.48 bits per heavy atom. The van der Waals surface area contributed by atoms with Crippen LogP contribution >= 0.6 is 0 Å². The molecule has 1 aromatic heterocycles. The van der Waals surface area contributed by atoms with Crippen molar-refractivity contribution in [2.75, 3.05) is 0 Å². The van der Waals surface area contributed by atoms with E-state index in [1.807, 2.05) is 53.2 Å². The summed E-state index contributed by atoms with van der Waals surface area (Å²) in [4.78, 5) is 11.3. The molecule has 25 heavy (non-hydrogen) atoms. The topological polar surface area (TPSA) is 55.1 Å². The van der Waals surface area contributed by atoms with Crippen molar-refractivity contribution < 1.29 is 9.90 Å². The zero-order valence-corrected chi connectivity index (χ0v) is 13.5. The van der Waals surface area contributed by atoms with Gasteiger partial charge in [-0.05, 0) is 23.8 Å². The van der Waals surface area contributed by atoms with Crippen LogP contribution in [0.1, 0.15) is 15.9 Å². The van der Waals surface area contributed by atoms with Gasteiger partial charge in [0.05, 0.1) is 17.6 Å². The van der Waals surface area contributed by atoms with Gasteiger partial charge in [0.25, 0.3) is 0 Å². The molecule has 0 atom stereocenters. The number of hydrogen-bond acceptors (Lipinski definition) is 2. The summed E-state index contributed by atoms with van der Waals surface area (Å²) in [5.74, 6) is -0.935. The second-order valence-corrected chi connectivity index (χ2v) is 5.89. The van der Waals surface area contributed by atoms with Crippen LogP contribution in [0.4, 0.5) is 0 Å². The minimum Gasteiger partial charge on any atom is -0.478 e. The Balaban J connectivity index is 1.85. The van der Waals surface area contributed by atoms with Crippen LogP contribution < -0.4 is 0 Å². The summed E-state index contributed by atoms with van der Waals surface area (Å²) < 4.78 is 1.97. The molecule has 122 valence electrons. The molecule has 0 aliphatic carbocycles. The second-order valence-electron chi connectivity index (χ2n) is 5.89. The van der Waals surface area contributed by atoms with Crippen LogP contribution in [-0.4, -0.2) is 20.9 Å².